The number of hydrogen-bond donors (Lipinski definition) is 1. The lowest BCUT2D eigenvalue weighted by atomic mass is 9.45. The van der Waals surface area contributed by atoms with Crippen LogP contribution in [0.3, 0.4) is 0 Å². The molecule has 0 heterocycles. The summed E-state index contributed by atoms with van der Waals surface area (Å²) in [6, 6.07) is 0. The van der Waals surface area contributed by atoms with Gasteiger partial charge in [-0.05, 0) is 100 Å². The van der Waals surface area contributed by atoms with E-state index < -0.39 is 0 Å². The zero-order valence-electron chi connectivity index (χ0n) is 21.2. The molecule has 1 N–H and O–H groups in total. The number of hydrogen-bond acceptors (Lipinski definition) is 4. The third-order valence-electron chi connectivity index (χ3n) is 9.48. The van der Waals surface area contributed by atoms with E-state index in [0.29, 0.717) is 30.3 Å². The molecule has 3 fully saturated rings. The zero-order chi connectivity index (χ0) is 23.0. The summed E-state index contributed by atoms with van der Waals surface area (Å²) in [7, 11) is 1.48. The second-order valence-electron chi connectivity index (χ2n) is 12.4. The minimum Gasteiger partial charge on any atom is -0.469 e. The Labute approximate surface area is 190 Å². The Balaban J connectivity index is 1.87. The summed E-state index contributed by atoms with van der Waals surface area (Å²) in [5.74, 6) is 1.88. The van der Waals surface area contributed by atoms with Crippen LogP contribution < -0.4 is 0 Å². The van der Waals surface area contributed by atoms with Crippen molar-refractivity contribution in [3.05, 3.63) is 0 Å². The molecular weight excluding hydrogens is 388 g/mol. The highest BCUT2D eigenvalue weighted by atomic mass is 16.5. The van der Waals surface area contributed by atoms with Crippen molar-refractivity contribution >= 4 is 5.97 Å². The number of aliphatic hydroxyl groups excluding tert-OH is 1. The van der Waals surface area contributed by atoms with Crippen LogP contribution in [0.1, 0.15) is 106 Å². The van der Waals surface area contributed by atoms with E-state index in [1.54, 1.807) is 0 Å². The van der Waals surface area contributed by atoms with Crippen LogP contribution in [0.5, 0.6) is 0 Å². The normalized spacial score (nSPS) is 42.7. The summed E-state index contributed by atoms with van der Waals surface area (Å²) in [5, 5.41) is 11.4. The number of methoxy groups -OCH3 is 1. The number of ether oxygens (including phenoxy) is 2. The third kappa shape index (κ3) is 4.86. The van der Waals surface area contributed by atoms with E-state index in [9.17, 15) is 9.90 Å². The van der Waals surface area contributed by atoms with Crippen LogP contribution in [0.15, 0.2) is 0 Å². The molecule has 3 rings (SSSR count). The lowest BCUT2D eigenvalue weighted by molar-refractivity contribution is -0.175. The second kappa shape index (κ2) is 9.33. The third-order valence-corrected chi connectivity index (χ3v) is 9.48. The SMILES string of the molecule is CCCC[C@@H]1[C@H](O)C[C@@H]2[C@H](CC[C@]3(C)[C@@H](OC(C)(C)C)CC[C@@H]23)[C@@]1(C)CCC(=O)OC. The van der Waals surface area contributed by atoms with Gasteiger partial charge in [-0.15, -0.1) is 0 Å². The molecule has 0 aromatic heterocycles. The molecule has 180 valence electrons. The first kappa shape index (κ1) is 25.0. The predicted molar refractivity (Wildman–Crippen MR) is 125 cm³/mol. The molecule has 0 aromatic carbocycles. The molecule has 0 bridgehead atoms. The highest BCUT2D eigenvalue weighted by Crippen LogP contribution is 2.66. The van der Waals surface area contributed by atoms with E-state index in [1.165, 1.54) is 26.4 Å². The fourth-order valence-corrected chi connectivity index (χ4v) is 7.96. The molecule has 0 radical (unpaired) electrons. The van der Waals surface area contributed by atoms with Gasteiger partial charge in [0.05, 0.1) is 24.9 Å². The van der Waals surface area contributed by atoms with Crippen LogP contribution in [-0.2, 0) is 14.3 Å². The van der Waals surface area contributed by atoms with Gasteiger partial charge in [0.15, 0.2) is 0 Å². The molecule has 8 atom stereocenters. The van der Waals surface area contributed by atoms with Gasteiger partial charge in [-0.1, -0.05) is 33.6 Å². The molecule has 0 amide bonds. The standard InChI is InChI=1S/C27H48O4/c1-8-9-10-21-22(28)17-18-19-11-12-23(31-25(2,3)4)27(19,6)15-13-20(18)26(21,5)16-14-24(29)30-7/h18-23,28H,8-17H2,1-7H3/t18-,19-,20-,21+,22+,23-,26+,27-/m0/s1. The monoisotopic (exact) mass is 436 g/mol. The average molecular weight is 437 g/mol. The number of unbranched alkanes of at least 4 members (excludes halogenated alkanes) is 1. The van der Waals surface area contributed by atoms with E-state index in [1.807, 2.05) is 0 Å². The van der Waals surface area contributed by atoms with Crippen LogP contribution in [0, 0.1) is 34.5 Å². The second-order valence-corrected chi connectivity index (χ2v) is 12.4. The lowest BCUT2D eigenvalue weighted by Gasteiger charge is -2.60. The Kier molecular flexibility index (Phi) is 7.53. The van der Waals surface area contributed by atoms with Gasteiger partial charge in [0.25, 0.3) is 0 Å². The molecule has 3 aliphatic carbocycles. The Morgan fingerprint density at radius 3 is 2.45 bits per heavy atom. The van der Waals surface area contributed by atoms with Gasteiger partial charge in [0, 0.05) is 6.42 Å². The van der Waals surface area contributed by atoms with Gasteiger partial charge in [-0.25, -0.2) is 0 Å². The Bertz CT molecular complexity index is 625. The van der Waals surface area contributed by atoms with Crippen molar-refractivity contribution in [3.63, 3.8) is 0 Å². The topological polar surface area (TPSA) is 55.8 Å². The Hall–Kier alpha value is -0.610. The average Bonchev–Trinajstić information content (AvgIpc) is 3.01. The minimum atomic E-state index is -0.264. The number of aliphatic hydroxyl groups is 1. The fourth-order valence-electron chi connectivity index (χ4n) is 7.96. The summed E-state index contributed by atoms with van der Waals surface area (Å²) in [5.41, 5.74) is 0.0788. The van der Waals surface area contributed by atoms with Crippen molar-refractivity contribution in [3.8, 4) is 0 Å². The summed E-state index contributed by atoms with van der Waals surface area (Å²) in [4.78, 5) is 12.1. The number of rotatable bonds is 7. The van der Waals surface area contributed by atoms with E-state index in [2.05, 4.69) is 41.5 Å². The van der Waals surface area contributed by atoms with Crippen LogP contribution in [-0.4, -0.2) is 36.0 Å². The van der Waals surface area contributed by atoms with E-state index in [0.717, 1.165) is 38.5 Å². The maximum absolute atomic E-state index is 12.1. The fraction of sp³-hybridized carbons (Fsp3) is 0.963. The number of carbonyl (C=O) groups is 1. The van der Waals surface area contributed by atoms with Crippen molar-refractivity contribution in [1.82, 2.24) is 0 Å². The van der Waals surface area contributed by atoms with Crippen LogP contribution >= 0.6 is 0 Å². The molecule has 0 saturated heterocycles. The first-order valence-corrected chi connectivity index (χ1v) is 12.9. The predicted octanol–water partition coefficient (Wildman–Crippen LogP) is 6.14. The molecule has 31 heavy (non-hydrogen) atoms. The van der Waals surface area contributed by atoms with Gasteiger partial charge >= 0.3 is 5.97 Å². The smallest absolute Gasteiger partial charge is 0.305 e. The van der Waals surface area contributed by atoms with Crippen LogP contribution in [0.25, 0.3) is 0 Å². The maximum Gasteiger partial charge on any atom is 0.305 e. The Morgan fingerprint density at radius 2 is 1.84 bits per heavy atom. The molecule has 0 unspecified atom stereocenters. The number of esters is 1. The first-order valence-electron chi connectivity index (χ1n) is 12.9. The zero-order valence-corrected chi connectivity index (χ0v) is 21.2. The van der Waals surface area contributed by atoms with Crippen molar-refractivity contribution in [1.29, 1.82) is 0 Å². The largest absolute Gasteiger partial charge is 0.469 e. The van der Waals surface area contributed by atoms with Crippen molar-refractivity contribution in [2.24, 2.45) is 34.5 Å². The molecule has 4 nitrogen and oxygen atoms in total. The van der Waals surface area contributed by atoms with Crippen LogP contribution in [0.2, 0.25) is 0 Å². The molecule has 0 aromatic rings. The number of carbonyl (C=O) groups excluding carboxylic acids is 1. The first-order chi connectivity index (χ1) is 14.5. The molecule has 0 aliphatic heterocycles. The Morgan fingerprint density at radius 1 is 1.13 bits per heavy atom. The molecular formula is C27H48O4. The molecule has 0 spiro atoms. The summed E-state index contributed by atoms with van der Waals surface area (Å²) in [6.07, 6.45) is 10.4. The van der Waals surface area contributed by atoms with E-state index >= 15 is 0 Å². The maximum atomic E-state index is 12.1. The highest BCUT2D eigenvalue weighted by molar-refractivity contribution is 5.69. The van der Waals surface area contributed by atoms with Gasteiger partial charge in [0.1, 0.15) is 0 Å². The van der Waals surface area contributed by atoms with Crippen LogP contribution in [0.4, 0.5) is 0 Å². The summed E-state index contributed by atoms with van der Waals surface area (Å²) < 4.78 is 11.6. The van der Waals surface area contributed by atoms with Gasteiger partial charge in [0.2, 0.25) is 0 Å². The van der Waals surface area contributed by atoms with Crippen molar-refractivity contribution in [2.75, 3.05) is 7.11 Å². The quantitative estimate of drug-likeness (QED) is 0.487. The van der Waals surface area contributed by atoms with Gasteiger partial charge in [-0.2, -0.15) is 0 Å². The van der Waals surface area contributed by atoms with E-state index in [-0.39, 0.29) is 34.4 Å². The summed E-state index contributed by atoms with van der Waals surface area (Å²) >= 11 is 0. The van der Waals surface area contributed by atoms with Crippen molar-refractivity contribution < 1.29 is 19.4 Å². The molecule has 3 aliphatic rings. The van der Waals surface area contributed by atoms with E-state index in [4.69, 9.17) is 9.47 Å². The lowest BCUT2D eigenvalue weighted by Crippen LogP contribution is -2.57. The molecule has 4 heteroatoms. The summed E-state index contributed by atoms with van der Waals surface area (Å²) in [6.45, 7) is 13.6. The van der Waals surface area contributed by atoms with Gasteiger partial charge < -0.3 is 14.6 Å². The number of fused-ring (bicyclic) bond motifs is 3. The van der Waals surface area contributed by atoms with Crippen molar-refractivity contribution in [2.45, 2.75) is 124 Å². The molecule has 3 saturated carbocycles. The van der Waals surface area contributed by atoms with Gasteiger partial charge in [-0.3, -0.25) is 4.79 Å². The minimum absolute atomic E-state index is 0.00397. The highest BCUT2D eigenvalue weighted by Gasteiger charge is 2.61.